The molecule has 2 heterocycles. The molecular weight excluding hydrogens is 154 g/mol. The number of nitrogens with zero attached hydrogens (tertiary/aromatic N) is 1. The highest BCUT2D eigenvalue weighted by Crippen LogP contribution is 2.15. The smallest absolute Gasteiger partial charge is 0.155 e. The maximum absolute atomic E-state index is 5.06. The van der Waals surface area contributed by atoms with Crippen molar-refractivity contribution in [3.8, 4) is 11.5 Å². The zero-order valence-corrected chi connectivity index (χ0v) is 7.15. The van der Waals surface area contributed by atoms with E-state index < -0.39 is 0 Å². The molecule has 3 heteroatoms. The lowest BCUT2D eigenvalue weighted by atomic mass is 10.3. The van der Waals surface area contributed by atoms with Gasteiger partial charge < -0.3 is 8.94 Å². The molecule has 0 aliphatic rings. The quantitative estimate of drug-likeness (QED) is 0.652. The van der Waals surface area contributed by atoms with Gasteiger partial charge in [-0.05, 0) is 12.1 Å². The summed E-state index contributed by atoms with van der Waals surface area (Å²) in [5.41, 5.74) is 0.727. The van der Waals surface area contributed by atoms with Crippen LogP contribution in [0.15, 0.2) is 39.7 Å². The fraction of sp³-hybridized carbons (Fsp3) is 0.222. The van der Waals surface area contributed by atoms with Crippen LogP contribution in [0.1, 0.15) is 13.8 Å². The summed E-state index contributed by atoms with van der Waals surface area (Å²) in [6.07, 6.45) is 3.11. The first-order valence-corrected chi connectivity index (χ1v) is 3.91. The van der Waals surface area contributed by atoms with E-state index in [-0.39, 0.29) is 0 Å². The molecule has 2 aromatic rings. The van der Waals surface area contributed by atoms with Crippen LogP contribution in [0.3, 0.4) is 0 Å². The fourth-order valence-electron chi connectivity index (χ4n) is 0.764. The van der Waals surface area contributed by atoms with Crippen molar-refractivity contribution in [2.24, 2.45) is 0 Å². The molecule has 0 bridgehead atoms. The van der Waals surface area contributed by atoms with Crippen LogP contribution >= 0.6 is 0 Å². The van der Waals surface area contributed by atoms with E-state index in [1.807, 2.05) is 26.0 Å². The van der Waals surface area contributed by atoms with Crippen molar-refractivity contribution in [2.75, 3.05) is 0 Å². The number of hydrogen-bond donors (Lipinski definition) is 0. The summed E-state index contributed by atoms with van der Waals surface area (Å²) in [6, 6.07) is 5.39. The first kappa shape index (κ1) is 8.59. The average Bonchev–Trinajstić information content (AvgIpc) is 2.80. The van der Waals surface area contributed by atoms with Gasteiger partial charge >= 0.3 is 0 Å². The highest BCUT2D eigenvalue weighted by molar-refractivity contribution is 5.49. The number of rotatable bonds is 1. The third kappa shape index (κ3) is 1.75. The Morgan fingerprint density at radius 3 is 2.50 bits per heavy atom. The molecule has 0 unspecified atom stereocenters. The first-order valence-electron chi connectivity index (χ1n) is 3.91. The minimum Gasteiger partial charge on any atom is -0.463 e. The van der Waals surface area contributed by atoms with Crippen molar-refractivity contribution in [3.05, 3.63) is 30.7 Å². The van der Waals surface area contributed by atoms with Gasteiger partial charge in [-0.3, -0.25) is 0 Å². The predicted molar refractivity (Wildman–Crippen MR) is 45.6 cm³/mol. The summed E-state index contributed by atoms with van der Waals surface area (Å²) < 4.78 is 9.68. The van der Waals surface area contributed by atoms with Crippen LogP contribution in [0, 0.1) is 0 Å². The van der Waals surface area contributed by atoms with Gasteiger partial charge in [0.1, 0.15) is 12.0 Å². The van der Waals surface area contributed by atoms with Gasteiger partial charge in [-0.25, -0.2) is 0 Å². The normalized spacial score (nSPS) is 8.83. The molecule has 12 heavy (non-hydrogen) atoms. The van der Waals surface area contributed by atoms with Crippen molar-refractivity contribution >= 4 is 0 Å². The van der Waals surface area contributed by atoms with Crippen molar-refractivity contribution < 1.29 is 8.94 Å². The van der Waals surface area contributed by atoms with Crippen LogP contribution in [0.5, 0.6) is 0 Å². The molecule has 0 aliphatic heterocycles. The van der Waals surface area contributed by atoms with Gasteiger partial charge in [-0.15, -0.1) is 0 Å². The largest absolute Gasteiger partial charge is 0.463 e. The average molecular weight is 165 g/mol. The van der Waals surface area contributed by atoms with Crippen molar-refractivity contribution in [2.45, 2.75) is 13.8 Å². The zero-order valence-electron chi connectivity index (χ0n) is 7.15. The van der Waals surface area contributed by atoms with Crippen molar-refractivity contribution in [3.63, 3.8) is 0 Å². The molecule has 0 saturated heterocycles. The maximum atomic E-state index is 5.06. The Balaban J connectivity index is 0.000000336. The van der Waals surface area contributed by atoms with Crippen LogP contribution in [0.2, 0.25) is 0 Å². The van der Waals surface area contributed by atoms with Crippen LogP contribution < -0.4 is 0 Å². The highest BCUT2D eigenvalue weighted by atomic mass is 16.5. The summed E-state index contributed by atoms with van der Waals surface area (Å²) >= 11 is 0. The third-order valence-corrected chi connectivity index (χ3v) is 1.21. The van der Waals surface area contributed by atoms with Gasteiger partial charge in [0.05, 0.1) is 6.26 Å². The Labute approximate surface area is 71.0 Å². The van der Waals surface area contributed by atoms with E-state index in [1.165, 1.54) is 6.26 Å². The molecule has 0 aliphatic carbocycles. The molecule has 2 rings (SSSR count). The summed E-state index contributed by atoms with van der Waals surface area (Å²) in [6.45, 7) is 4.00. The molecule has 0 fully saturated rings. The Morgan fingerprint density at radius 2 is 2.00 bits per heavy atom. The molecule has 0 spiro atoms. The predicted octanol–water partition coefficient (Wildman–Crippen LogP) is 2.96. The molecule has 64 valence electrons. The molecule has 0 atom stereocenters. The molecule has 0 radical (unpaired) electrons. The second-order valence-electron chi connectivity index (χ2n) is 1.86. The van der Waals surface area contributed by atoms with E-state index in [2.05, 4.69) is 9.68 Å². The van der Waals surface area contributed by atoms with Crippen LogP contribution in [0.25, 0.3) is 11.5 Å². The van der Waals surface area contributed by atoms with E-state index in [4.69, 9.17) is 4.42 Å². The molecular formula is C9H11NO2. The fourth-order valence-corrected chi connectivity index (χ4v) is 0.764. The van der Waals surface area contributed by atoms with Gasteiger partial charge in [0.15, 0.2) is 5.76 Å². The lowest BCUT2D eigenvalue weighted by Crippen LogP contribution is -1.68. The topological polar surface area (TPSA) is 39.2 Å². The molecule has 0 aromatic carbocycles. The van der Waals surface area contributed by atoms with E-state index in [0.29, 0.717) is 0 Å². The Hall–Kier alpha value is -1.51. The van der Waals surface area contributed by atoms with Gasteiger partial charge in [-0.1, -0.05) is 19.0 Å². The SMILES string of the molecule is CC.c1coc(-c2ccon2)c1. The van der Waals surface area contributed by atoms with E-state index in [9.17, 15) is 0 Å². The summed E-state index contributed by atoms with van der Waals surface area (Å²) in [7, 11) is 0. The number of aromatic nitrogens is 1. The third-order valence-electron chi connectivity index (χ3n) is 1.21. The first-order chi connectivity index (χ1) is 5.97. The monoisotopic (exact) mass is 165 g/mol. The summed E-state index contributed by atoms with van der Waals surface area (Å²) in [4.78, 5) is 0. The highest BCUT2D eigenvalue weighted by Gasteiger charge is 2.01. The minimum atomic E-state index is 0.727. The van der Waals surface area contributed by atoms with Crippen LogP contribution in [-0.4, -0.2) is 5.16 Å². The van der Waals surface area contributed by atoms with E-state index >= 15 is 0 Å². The standard InChI is InChI=1S/C7H5NO2.C2H6/c1-2-7(9-4-1)6-3-5-10-8-6;1-2/h1-5H;1-2H3. The number of hydrogen-bond acceptors (Lipinski definition) is 3. The van der Waals surface area contributed by atoms with Gasteiger partial charge in [0.2, 0.25) is 0 Å². The summed E-state index contributed by atoms with van der Waals surface area (Å²) in [5, 5.41) is 3.69. The van der Waals surface area contributed by atoms with Crippen LogP contribution in [-0.2, 0) is 0 Å². The molecule has 0 amide bonds. The Kier molecular flexibility index (Phi) is 3.14. The van der Waals surface area contributed by atoms with Crippen LogP contribution in [0.4, 0.5) is 0 Å². The van der Waals surface area contributed by atoms with Gasteiger partial charge in [0, 0.05) is 6.07 Å². The molecule has 0 saturated carbocycles. The Morgan fingerprint density at radius 1 is 1.17 bits per heavy atom. The van der Waals surface area contributed by atoms with Crippen molar-refractivity contribution in [1.82, 2.24) is 5.16 Å². The lowest BCUT2D eigenvalue weighted by molar-refractivity contribution is 0.419. The van der Waals surface area contributed by atoms with Crippen molar-refractivity contribution in [1.29, 1.82) is 0 Å². The lowest BCUT2D eigenvalue weighted by Gasteiger charge is -1.82. The minimum absolute atomic E-state index is 0.727. The summed E-state index contributed by atoms with van der Waals surface area (Å²) in [5.74, 6) is 0.730. The second-order valence-corrected chi connectivity index (χ2v) is 1.86. The van der Waals surface area contributed by atoms with Gasteiger partial charge in [-0.2, -0.15) is 0 Å². The Bertz CT molecular complexity index is 252. The maximum Gasteiger partial charge on any atom is 0.155 e. The number of furan rings is 1. The second kappa shape index (κ2) is 4.38. The zero-order chi connectivity index (χ0) is 8.81. The molecule has 0 N–H and O–H groups in total. The molecule has 2 aromatic heterocycles. The van der Waals surface area contributed by atoms with E-state index in [0.717, 1.165) is 11.5 Å². The molecule has 3 nitrogen and oxygen atoms in total. The van der Waals surface area contributed by atoms with E-state index in [1.54, 1.807) is 12.3 Å². The van der Waals surface area contributed by atoms with Gasteiger partial charge in [0.25, 0.3) is 0 Å².